The van der Waals surface area contributed by atoms with E-state index >= 15 is 0 Å². The van der Waals surface area contributed by atoms with Crippen LogP contribution in [0.5, 0.6) is 0 Å². The van der Waals surface area contributed by atoms with Crippen molar-refractivity contribution in [3.8, 4) is 89.8 Å². The van der Waals surface area contributed by atoms with Crippen LogP contribution >= 0.6 is 0 Å². The third kappa shape index (κ3) is 5.62. The minimum absolute atomic E-state index is 0.346. The van der Waals surface area contributed by atoms with Gasteiger partial charge in [-0.15, -0.1) is 0 Å². The van der Waals surface area contributed by atoms with Crippen molar-refractivity contribution in [1.29, 1.82) is 0 Å². The van der Waals surface area contributed by atoms with Gasteiger partial charge in [0.15, 0.2) is 17.5 Å². The molecule has 3 nitrogen and oxygen atoms in total. The van der Waals surface area contributed by atoms with E-state index in [-0.39, 0.29) is 5.41 Å². The van der Waals surface area contributed by atoms with Crippen LogP contribution in [0.3, 0.4) is 0 Å². The summed E-state index contributed by atoms with van der Waals surface area (Å²) in [5.41, 5.74) is 20.0. The summed E-state index contributed by atoms with van der Waals surface area (Å²) in [6.45, 7) is 0. The van der Waals surface area contributed by atoms with Gasteiger partial charge in [-0.3, -0.25) is 0 Å². The van der Waals surface area contributed by atoms with Crippen molar-refractivity contribution in [3.05, 3.63) is 247 Å². The van der Waals surface area contributed by atoms with Gasteiger partial charge >= 0.3 is 0 Å². The minimum Gasteiger partial charge on any atom is -0.208 e. The highest BCUT2D eigenvalue weighted by atomic mass is 15.0. The number of benzene rings is 9. The fourth-order valence-electron chi connectivity index (χ4n) is 9.79. The Morgan fingerprint density at radius 2 is 0.541 bits per heavy atom. The Kier molecular flexibility index (Phi) is 8.07. The first-order valence-electron chi connectivity index (χ1n) is 20.8. The predicted molar refractivity (Wildman–Crippen MR) is 249 cm³/mol. The lowest BCUT2D eigenvalue weighted by molar-refractivity contribution is 0.794. The molecule has 1 heterocycles. The summed E-state index contributed by atoms with van der Waals surface area (Å²) >= 11 is 0. The third-order valence-electron chi connectivity index (χ3n) is 12.6. The third-order valence-corrected chi connectivity index (χ3v) is 12.6. The summed E-state index contributed by atoms with van der Waals surface area (Å²) in [6.07, 6.45) is 0. The number of nitrogens with zero attached hydrogens (tertiary/aromatic N) is 3. The van der Waals surface area contributed by atoms with Crippen molar-refractivity contribution < 1.29 is 0 Å². The molecule has 0 fully saturated rings. The van der Waals surface area contributed by atoms with Gasteiger partial charge in [0.2, 0.25) is 0 Å². The molecule has 2 aliphatic carbocycles. The molecule has 1 spiro atoms. The van der Waals surface area contributed by atoms with E-state index in [9.17, 15) is 0 Å². The molecule has 3 heteroatoms. The van der Waals surface area contributed by atoms with Crippen LogP contribution in [0.25, 0.3) is 89.8 Å². The zero-order valence-electron chi connectivity index (χ0n) is 33.2. The minimum atomic E-state index is -0.346. The van der Waals surface area contributed by atoms with Crippen LogP contribution in [-0.2, 0) is 5.41 Å². The van der Waals surface area contributed by atoms with Crippen molar-refractivity contribution in [2.24, 2.45) is 0 Å². The normalized spacial score (nSPS) is 12.7. The van der Waals surface area contributed by atoms with Crippen LogP contribution in [0.15, 0.2) is 224 Å². The lowest BCUT2D eigenvalue weighted by Gasteiger charge is -2.30. The second-order valence-electron chi connectivity index (χ2n) is 15.9. The first-order chi connectivity index (χ1) is 30.2. The average Bonchev–Trinajstić information content (AvgIpc) is 3.82. The van der Waals surface area contributed by atoms with Gasteiger partial charge in [-0.2, -0.15) is 0 Å². The highest BCUT2D eigenvalue weighted by molar-refractivity contribution is 5.96. The fraction of sp³-hybridized carbons (Fsp3) is 0.0172. The summed E-state index contributed by atoms with van der Waals surface area (Å²) in [5, 5.41) is 0. The number of rotatable bonds is 6. The van der Waals surface area contributed by atoms with Crippen LogP contribution < -0.4 is 0 Å². The predicted octanol–water partition coefficient (Wildman–Crippen LogP) is 14.2. The first kappa shape index (κ1) is 35.0. The van der Waals surface area contributed by atoms with E-state index in [1.165, 1.54) is 61.2 Å². The number of hydrogen-bond acceptors (Lipinski definition) is 3. The topological polar surface area (TPSA) is 38.7 Å². The van der Waals surface area contributed by atoms with Crippen LogP contribution in [0, 0.1) is 0 Å². The second-order valence-corrected chi connectivity index (χ2v) is 15.9. The van der Waals surface area contributed by atoms with Gasteiger partial charge in [-0.25, -0.2) is 15.0 Å². The van der Waals surface area contributed by atoms with E-state index in [2.05, 4.69) is 188 Å². The monoisotopic (exact) mass is 775 g/mol. The van der Waals surface area contributed by atoms with Crippen LogP contribution in [0.2, 0.25) is 0 Å². The van der Waals surface area contributed by atoms with Crippen molar-refractivity contribution >= 4 is 0 Å². The molecule has 2 aliphatic rings. The Morgan fingerprint density at radius 1 is 0.213 bits per heavy atom. The average molecular weight is 776 g/mol. The van der Waals surface area contributed by atoms with Gasteiger partial charge in [0.05, 0.1) is 5.41 Å². The molecule has 0 amide bonds. The standard InChI is InChI=1S/C58H37N3/c1-3-15-38(16-4-1)39-29-31-41(32-30-39)56-59-55(40-17-5-2-6-18-40)60-57(61-56)46-22-14-21-44(36-46)42-19-13-20-43(35-42)45-33-34-54-50(37-45)49-25-9-12-28-53(49)58(54)51-26-10-7-23-47(51)48-24-8-11-27-52(48)58/h1-37H. The molecule has 9 aromatic carbocycles. The fourth-order valence-corrected chi connectivity index (χ4v) is 9.79. The van der Waals surface area contributed by atoms with Crippen molar-refractivity contribution in [2.45, 2.75) is 5.41 Å². The molecule has 1 aromatic heterocycles. The van der Waals surface area contributed by atoms with Crippen molar-refractivity contribution in [1.82, 2.24) is 15.0 Å². The molecule has 0 saturated carbocycles. The zero-order valence-corrected chi connectivity index (χ0v) is 33.2. The highest BCUT2D eigenvalue weighted by Gasteiger charge is 2.51. The number of aromatic nitrogens is 3. The van der Waals surface area contributed by atoms with E-state index in [0.29, 0.717) is 17.5 Å². The lowest BCUT2D eigenvalue weighted by Crippen LogP contribution is -2.25. The van der Waals surface area contributed by atoms with Gasteiger partial charge < -0.3 is 0 Å². The molecular weight excluding hydrogens is 739 g/mol. The smallest absolute Gasteiger partial charge is 0.164 e. The molecule has 0 unspecified atom stereocenters. The van der Waals surface area contributed by atoms with Crippen LogP contribution in [-0.4, -0.2) is 15.0 Å². The van der Waals surface area contributed by atoms with Gasteiger partial charge in [0.1, 0.15) is 0 Å². The largest absolute Gasteiger partial charge is 0.208 e. The van der Waals surface area contributed by atoms with Gasteiger partial charge in [0, 0.05) is 16.7 Å². The van der Waals surface area contributed by atoms with Crippen molar-refractivity contribution in [2.75, 3.05) is 0 Å². The van der Waals surface area contributed by atoms with E-state index in [4.69, 9.17) is 15.0 Å². The summed E-state index contributed by atoms with van der Waals surface area (Å²) in [5.74, 6) is 1.92. The summed E-state index contributed by atoms with van der Waals surface area (Å²) in [7, 11) is 0. The van der Waals surface area contributed by atoms with E-state index in [0.717, 1.165) is 33.4 Å². The molecule has 0 radical (unpaired) electrons. The Labute approximate surface area is 355 Å². The molecule has 0 bridgehead atoms. The molecule has 0 atom stereocenters. The van der Waals surface area contributed by atoms with Gasteiger partial charge in [0.25, 0.3) is 0 Å². The molecular formula is C58H37N3. The molecule has 12 rings (SSSR count). The Balaban J connectivity index is 0.928. The molecule has 0 saturated heterocycles. The first-order valence-corrected chi connectivity index (χ1v) is 20.8. The SMILES string of the molecule is c1ccc(-c2ccc(-c3nc(-c4ccccc4)nc(-c4cccc(-c5cccc(-c6ccc7c(c6)-c6ccccc6C76c7ccccc7-c7ccccc76)c5)c4)n3)cc2)cc1. The van der Waals surface area contributed by atoms with E-state index in [1.54, 1.807) is 0 Å². The molecule has 284 valence electrons. The Morgan fingerprint density at radius 3 is 1.10 bits per heavy atom. The maximum Gasteiger partial charge on any atom is 0.164 e. The summed E-state index contributed by atoms with van der Waals surface area (Å²) in [4.78, 5) is 15.1. The van der Waals surface area contributed by atoms with Gasteiger partial charge in [-0.1, -0.05) is 206 Å². The lowest BCUT2D eigenvalue weighted by atomic mass is 9.70. The molecule has 0 N–H and O–H groups in total. The molecule has 10 aromatic rings. The zero-order chi connectivity index (χ0) is 40.3. The van der Waals surface area contributed by atoms with Crippen LogP contribution in [0.1, 0.15) is 22.3 Å². The quantitative estimate of drug-likeness (QED) is 0.169. The van der Waals surface area contributed by atoms with E-state index in [1.807, 2.05) is 36.4 Å². The van der Waals surface area contributed by atoms with Crippen molar-refractivity contribution in [3.63, 3.8) is 0 Å². The Bertz CT molecular complexity index is 3250. The van der Waals surface area contributed by atoms with Gasteiger partial charge in [-0.05, 0) is 96.1 Å². The molecule has 61 heavy (non-hydrogen) atoms. The maximum absolute atomic E-state index is 5.09. The number of hydrogen-bond donors (Lipinski definition) is 0. The summed E-state index contributed by atoms with van der Waals surface area (Å²) in [6, 6.07) is 80.5. The maximum atomic E-state index is 5.09. The number of fused-ring (bicyclic) bond motifs is 10. The second kappa shape index (κ2) is 14.1. The highest BCUT2D eigenvalue weighted by Crippen LogP contribution is 2.63. The van der Waals surface area contributed by atoms with Crippen LogP contribution in [0.4, 0.5) is 0 Å². The Hall–Kier alpha value is -8.01. The summed E-state index contributed by atoms with van der Waals surface area (Å²) < 4.78 is 0. The van der Waals surface area contributed by atoms with E-state index < -0.39 is 0 Å². The molecule has 0 aliphatic heterocycles.